The highest BCUT2D eigenvalue weighted by atomic mass is 16.6. The van der Waals surface area contributed by atoms with Crippen molar-refractivity contribution < 1.29 is 19.0 Å². The number of aromatic nitrogens is 1. The van der Waals surface area contributed by atoms with Gasteiger partial charge in [0.2, 0.25) is 0 Å². The Morgan fingerprint density at radius 2 is 1.87 bits per heavy atom. The summed E-state index contributed by atoms with van der Waals surface area (Å²) >= 11 is 0. The Hall–Kier alpha value is -3.34. The topological polar surface area (TPSA) is 57.3 Å². The molecule has 0 radical (unpaired) electrons. The first-order valence-electron chi connectivity index (χ1n) is 13.9. The largest absolute Gasteiger partial charge is 0.496 e. The first-order chi connectivity index (χ1) is 18.7. The summed E-state index contributed by atoms with van der Waals surface area (Å²) in [4.78, 5) is 19.1. The molecule has 39 heavy (non-hydrogen) atoms. The van der Waals surface area contributed by atoms with Crippen LogP contribution in [0.5, 0.6) is 5.75 Å². The van der Waals surface area contributed by atoms with Crippen molar-refractivity contribution in [1.29, 1.82) is 0 Å². The fourth-order valence-corrected chi connectivity index (χ4v) is 5.57. The SMILES string of the molecule is [C-]#[N+]c1ccc([C@@H]2C[C@@H](OCC3CC3)CCN2Cc2c(OC)cc(C)c3c2ccn3C(=O)OC(C)(C)C)cc1. The van der Waals surface area contributed by atoms with Gasteiger partial charge >= 0.3 is 6.09 Å². The molecule has 1 saturated carbocycles. The molecule has 7 nitrogen and oxygen atoms in total. The predicted octanol–water partition coefficient (Wildman–Crippen LogP) is 7.42. The van der Waals surface area contributed by atoms with E-state index in [9.17, 15) is 4.79 Å². The molecule has 1 saturated heterocycles. The number of fused-ring (bicyclic) bond motifs is 1. The third-order valence-corrected chi connectivity index (χ3v) is 7.74. The number of methoxy groups -OCH3 is 1. The van der Waals surface area contributed by atoms with Crippen molar-refractivity contribution in [2.24, 2.45) is 5.92 Å². The Labute approximate surface area is 231 Å². The second-order valence-corrected chi connectivity index (χ2v) is 11.9. The molecule has 0 bridgehead atoms. The molecule has 3 aromatic rings. The lowest BCUT2D eigenvalue weighted by atomic mass is 9.92. The van der Waals surface area contributed by atoms with Gasteiger partial charge in [-0.1, -0.05) is 24.3 Å². The van der Waals surface area contributed by atoms with Gasteiger partial charge in [-0.15, -0.1) is 0 Å². The zero-order valence-electron chi connectivity index (χ0n) is 23.7. The van der Waals surface area contributed by atoms with Gasteiger partial charge in [0, 0.05) is 42.9 Å². The number of carbonyl (C=O) groups excluding carboxylic acids is 1. The van der Waals surface area contributed by atoms with Gasteiger partial charge in [0.15, 0.2) is 5.69 Å². The third kappa shape index (κ3) is 6.13. The Kier molecular flexibility index (Phi) is 7.70. The molecule has 2 heterocycles. The van der Waals surface area contributed by atoms with Crippen molar-refractivity contribution in [1.82, 2.24) is 9.47 Å². The van der Waals surface area contributed by atoms with E-state index in [4.69, 9.17) is 20.8 Å². The second-order valence-electron chi connectivity index (χ2n) is 11.9. The number of piperidine rings is 1. The summed E-state index contributed by atoms with van der Waals surface area (Å²) in [7, 11) is 1.70. The molecule has 1 aromatic heterocycles. The highest BCUT2D eigenvalue weighted by Crippen LogP contribution is 2.39. The summed E-state index contributed by atoms with van der Waals surface area (Å²) in [6, 6.07) is 12.1. The summed E-state index contributed by atoms with van der Waals surface area (Å²) in [6.45, 7) is 17.4. The summed E-state index contributed by atoms with van der Waals surface area (Å²) in [5, 5.41) is 0.993. The minimum absolute atomic E-state index is 0.150. The summed E-state index contributed by atoms with van der Waals surface area (Å²) < 4.78 is 19.5. The van der Waals surface area contributed by atoms with Crippen LogP contribution in [-0.4, -0.2) is 47.5 Å². The van der Waals surface area contributed by atoms with Gasteiger partial charge in [0.1, 0.15) is 11.4 Å². The van der Waals surface area contributed by atoms with E-state index < -0.39 is 5.60 Å². The van der Waals surface area contributed by atoms with Gasteiger partial charge < -0.3 is 14.2 Å². The maximum atomic E-state index is 13.0. The fraction of sp³-hybridized carbons (Fsp3) is 0.500. The first-order valence-corrected chi connectivity index (χ1v) is 13.9. The molecule has 1 aliphatic heterocycles. The number of hydrogen-bond donors (Lipinski definition) is 0. The van der Waals surface area contributed by atoms with E-state index in [1.54, 1.807) is 17.9 Å². The fourth-order valence-electron chi connectivity index (χ4n) is 5.57. The number of aryl methyl sites for hydroxylation is 1. The lowest BCUT2D eigenvalue weighted by Gasteiger charge is -2.40. The lowest BCUT2D eigenvalue weighted by Crippen LogP contribution is -2.39. The number of hydrogen-bond acceptors (Lipinski definition) is 5. The van der Waals surface area contributed by atoms with E-state index in [0.717, 1.165) is 59.7 Å². The molecule has 2 aliphatic rings. The number of ether oxygens (including phenoxy) is 3. The highest BCUT2D eigenvalue weighted by Gasteiger charge is 2.33. The summed E-state index contributed by atoms with van der Waals surface area (Å²) in [5.74, 6) is 1.55. The van der Waals surface area contributed by atoms with E-state index in [2.05, 4.69) is 21.9 Å². The average Bonchev–Trinajstić information content (AvgIpc) is 3.63. The molecule has 5 rings (SSSR count). The quantitative estimate of drug-likeness (QED) is 0.298. The van der Waals surface area contributed by atoms with Crippen LogP contribution >= 0.6 is 0 Å². The van der Waals surface area contributed by atoms with E-state index in [-0.39, 0.29) is 18.2 Å². The second kappa shape index (κ2) is 11.0. The van der Waals surface area contributed by atoms with E-state index in [0.29, 0.717) is 12.2 Å². The Bertz CT molecular complexity index is 1380. The Balaban J connectivity index is 1.48. The molecule has 2 fully saturated rings. The van der Waals surface area contributed by atoms with Crippen molar-refractivity contribution in [3.8, 4) is 5.75 Å². The third-order valence-electron chi connectivity index (χ3n) is 7.74. The molecule has 206 valence electrons. The predicted molar refractivity (Wildman–Crippen MR) is 152 cm³/mol. The molecule has 2 atom stereocenters. The molecule has 2 aromatic carbocycles. The van der Waals surface area contributed by atoms with Gasteiger partial charge in [-0.2, -0.15) is 0 Å². The number of nitrogens with zero attached hydrogens (tertiary/aromatic N) is 3. The van der Waals surface area contributed by atoms with Crippen LogP contribution in [0.3, 0.4) is 0 Å². The van der Waals surface area contributed by atoms with Crippen LogP contribution in [0.15, 0.2) is 42.6 Å². The molecule has 0 spiro atoms. The zero-order valence-corrected chi connectivity index (χ0v) is 23.7. The van der Waals surface area contributed by atoms with Crippen LogP contribution < -0.4 is 4.74 Å². The van der Waals surface area contributed by atoms with Gasteiger partial charge in [-0.05, 0) is 82.6 Å². The number of carbonyl (C=O) groups is 1. The number of likely N-dealkylation sites (tertiary alicyclic amines) is 1. The van der Waals surface area contributed by atoms with Crippen molar-refractivity contribution in [2.75, 3.05) is 20.3 Å². The number of rotatable bonds is 7. The highest BCUT2D eigenvalue weighted by molar-refractivity contribution is 5.95. The van der Waals surface area contributed by atoms with Crippen LogP contribution in [0.2, 0.25) is 0 Å². The molecular weight excluding hydrogens is 490 g/mol. The van der Waals surface area contributed by atoms with Gasteiger partial charge in [-0.25, -0.2) is 9.64 Å². The van der Waals surface area contributed by atoms with Gasteiger partial charge in [0.05, 0.1) is 25.3 Å². The summed E-state index contributed by atoms with van der Waals surface area (Å²) in [6.07, 6.45) is 6.08. The molecule has 0 unspecified atom stereocenters. The van der Waals surface area contributed by atoms with Gasteiger partial charge in [0.25, 0.3) is 0 Å². The van der Waals surface area contributed by atoms with E-state index >= 15 is 0 Å². The maximum Gasteiger partial charge on any atom is 0.419 e. The van der Waals surface area contributed by atoms with E-state index in [1.165, 1.54) is 18.4 Å². The lowest BCUT2D eigenvalue weighted by molar-refractivity contribution is -0.0229. The van der Waals surface area contributed by atoms with Crippen molar-refractivity contribution in [3.05, 3.63) is 70.7 Å². The molecular formula is C32H39N3O4. The first kappa shape index (κ1) is 27.2. The minimum Gasteiger partial charge on any atom is -0.496 e. The molecule has 7 heteroatoms. The van der Waals surface area contributed by atoms with E-state index in [1.807, 2.05) is 52.0 Å². The average molecular weight is 530 g/mol. The van der Waals surface area contributed by atoms with Crippen LogP contribution in [0.25, 0.3) is 15.7 Å². The van der Waals surface area contributed by atoms with Crippen LogP contribution in [0.1, 0.15) is 69.2 Å². The van der Waals surface area contributed by atoms with Crippen molar-refractivity contribution in [2.45, 2.75) is 77.7 Å². The van der Waals surface area contributed by atoms with Gasteiger partial charge in [-0.3, -0.25) is 9.47 Å². The Morgan fingerprint density at radius 1 is 1.13 bits per heavy atom. The molecule has 0 N–H and O–H groups in total. The smallest absolute Gasteiger partial charge is 0.419 e. The maximum absolute atomic E-state index is 13.0. The van der Waals surface area contributed by atoms with Crippen LogP contribution in [0.4, 0.5) is 10.5 Å². The Morgan fingerprint density at radius 3 is 2.51 bits per heavy atom. The summed E-state index contributed by atoms with van der Waals surface area (Å²) in [5.41, 5.74) is 4.11. The molecule has 0 amide bonds. The monoisotopic (exact) mass is 529 g/mol. The standard InChI is InChI=1S/C32H39N3O4/c1-21-17-29(37-6)27(26-14-16-35(30(21)26)31(36)39-32(2,3)4)19-34-15-13-25(38-20-22-7-8-22)18-28(34)23-9-11-24(33-5)12-10-23/h9-12,14,16-17,22,25,28H,7-8,13,15,18-20H2,1-4,6H3/t25-,28-/m0/s1. The zero-order chi connectivity index (χ0) is 27.7. The van der Waals surface area contributed by atoms with Crippen molar-refractivity contribution >= 4 is 22.7 Å². The van der Waals surface area contributed by atoms with Crippen LogP contribution in [-0.2, 0) is 16.0 Å². The van der Waals surface area contributed by atoms with Crippen molar-refractivity contribution in [3.63, 3.8) is 0 Å². The van der Waals surface area contributed by atoms with Crippen LogP contribution in [0, 0.1) is 19.4 Å². The number of benzene rings is 2. The molecule has 1 aliphatic carbocycles. The minimum atomic E-state index is -0.585. The normalized spacial score (nSPS) is 20.1.